The molecule has 5 heteroatoms. The number of hydrogen-bond donors (Lipinski definition) is 0. The van der Waals surface area contributed by atoms with Crippen LogP contribution in [0.5, 0.6) is 5.75 Å². The van der Waals surface area contributed by atoms with E-state index in [2.05, 4.69) is 0 Å². The van der Waals surface area contributed by atoms with Crippen molar-refractivity contribution in [2.45, 2.75) is 57.7 Å². The molecule has 2 unspecified atom stereocenters. The van der Waals surface area contributed by atoms with Gasteiger partial charge in [-0.3, -0.25) is 4.90 Å². The van der Waals surface area contributed by atoms with E-state index in [4.69, 9.17) is 9.47 Å². The molecule has 4 nitrogen and oxygen atoms in total. The molecule has 1 fully saturated rings. The molecule has 0 radical (unpaired) electrons. The Hall–Kier alpha value is -2.04. The normalized spacial score (nSPS) is 23.0. The van der Waals surface area contributed by atoms with Crippen molar-refractivity contribution in [2.75, 3.05) is 7.11 Å². The van der Waals surface area contributed by atoms with Crippen LogP contribution in [0.3, 0.4) is 0 Å². The minimum atomic E-state index is -0.519. The second-order valence-electron chi connectivity index (χ2n) is 7.40. The molecule has 3 rings (SSSR count). The quantitative estimate of drug-likeness (QED) is 0.806. The first-order chi connectivity index (χ1) is 11.3. The number of halogens is 1. The zero-order chi connectivity index (χ0) is 17.5. The monoisotopic (exact) mass is 333 g/mol. The fourth-order valence-corrected chi connectivity index (χ4v) is 3.60. The second kappa shape index (κ2) is 6.11. The first-order valence-electron chi connectivity index (χ1n) is 8.35. The van der Waals surface area contributed by atoms with E-state index in [1.165, 1.54) is 6.07 Å². The fraction of sp³-hybridized carbons (Fsp3) is 0.526. The second-order valence-corrected chi connectivity index (χ2v) is 7.40. The molecule has 0 aromatic heterocycles. The molecule has 0 aliphatic carbocycles. The summed E-state index contributed by atoms with van der Waals surface area (Å²) in [4.78, 5) is 14.3. The van der Waals surface area contributed by atoms with Gasteiger partial charge in [0.25, 0.3) is 0 Å². The van der Waals surface area contributed by atoms with Crippen LogP contribution in [0.2, 0.25) is 0 Å². The zero-order valence-electron chi connectivity index (χ0n) is 14.6. The van der Waals surface area contributed by atoms with Gasteiger partial charge in [0.15, 0.2) is 0 Å². The molecule has 2 aliphatic heterocycles. The molecule has 2 heterocycles. The smallest absolute Gasteiger partial charge is 0.411 e. The lowest BCUT2D eigenvalue weighted by Gasteiger charge is -2.35. The predicted molar refractivity (Wildman–Crippen MR) is 90.4 cm³/mol. The van der Waals surface area contributed by atoms with Crippen molar-refractivity contribution in [2.24, 2.45) is 0 Å². The highest BCUT2D eigenvalue weighted by molar-refractivity contribution is 5.77. The Kier molecular flexibility index (Phi) is 4.28. The van der Waals surface area contributed by atoms with Crippen molar-refractivity contribution in [3.8, 4) is 5.75 Å². The lowest BCUT2D eigenvalue weighted by molar-refractivity contribution is 0.0175. The minimum Gasteiger partial charge on any atom is -0.496 e. The molecule has 1 aromatic carbocycles. The molecule has 2 aliphatic rings. The predicted octanol–water partition coefficient (Wildman–Crippen LogP) is 4.39. The van der Waals surface area contributed by atoms with Crippen LogP contribution >= 0.6 is 0 Å². The van der Waals surface area contributed by atoms with Crippen LogP contribution in [-0.2, 0) is 4.74 Å². The van der Waals surface area contributed by atoms with E-state index in [-0.39, 0.29) is 24.0 Å². The molecule has 0 spiro atoms. The number of carbonyl (C=O) groups excluding carboxylic acids is 1. The third-order valence-electron chi connectivity index (χ3n) is 4.52. The summed E-state index contributed by atoms with van der Waals surface area (Å²) < 4.78 is 25.2. The van der Waals surface area contributed by atoms with E-state index < -0.39 is 5.60 Å². The van der Waals surface area contributed by atoms with E-state index in [0.29, 0.717) is 17.7 Å². The van der Waals surface area contributed by atoms with Gasteiger partial charge in [-0.2, -0.15) is 0 Å². The van der Waals surface area contributed by atoms with E-state index >= 15 is 0 Å². The molecule has 130 valence electrons. The SMILES string of the molecule is COc1cccc(F)c1C1=CC2CCC(C1)N2C(=O)OC(C)(C)C. The van der Waals surface area contributed by atoms with Crippen LogP contribution < -0.4 is 4.74 Å². The van der Waals surface area contributed by atoms with Gasteiger partial charge in [-0.15, -0.1) is 0 Å². The summed E-state index contributed by atoms with van der Waals surface area (Å²) >= 11 is 0. The van der Waals surface area contributed by atoms with Gasteiger partial charge in [-0.05, 0) is 57.7 Å². The molecule has 1 saturated heterocycles. The number of amides is 1. The lowest BCUT2D eigenvalue weighted by Crippen LogP contribution is -2.45. The van der Waals surface area contributed by atoms with Crippen LogP contribution in [0, 0.1) is 5.82 Å². The highest BCUT2D eigenvalue weighted by Gasteiger charge is 2.42. The number of carbonyl (C=O) groups is 1. The van der Waals surface area contributed by atoms with Crippen LogP contribution in [0.15, 0.2) is 24.3 Å². The van der Waals surface area contributed by atoms with Crippen molar-refractivity contribution in [1.82, 2.24) is 4.90 Å². The van der Waals surface area contributed by atoms with Crippen LogP contribution in [0.25, 0.3) is 5.57 Å². The third kappa shape index (κ3) is 3.12. The Bertz CT molecular complexity index is 678. The summed E-state index contributed by atoms with van der Waals surface area (Å²) in [5.74, 6) is 0.247. The molecule has 1 amide bonds. The van der Waals surface area contributed by atoms with Crippen molar-refractivity contribution in [3.63, 3.8) is 0 Å². The number of methoxy groups -OCH3 is 1. The van der Waals surface area contributed by atoms with E-state index in [1.54, 1.807) is 19.2 Å². The molecule has 0 N–H and O–H groups in total. The summed E-state index contributed by atoms with van der Waals surface area (Å²) in [5.41, 5.74) is 0.910. The average molecular weight is 333 g/mol. The number of ether oxygens (including phenoxy) is 2. The van der Waals surface area contributed by atoms with Gasteiger partial charge in [-0.1, -0.05) is 12.1 Å². The Labute approximate surface area is 142 Å². The lowest BCUT2D eigenvalue weighted by atomic mass is 9.94. The molecule has 2 atom stereocenters. The molecule has 1 aromatic rings. The number of fused-ring (bicyclic) bond motifs is 2. The first kappa shape index (κ1) is 16.8. The van der Waals surface area contributed by atoms with Crippen molar-refractivity contribution in [1.29, 1.82) is 0 Å². The maximum Gasteiger partial charge on any atom is 0.411 e. The van der Waals surface area contributed by atoms with Crippen molar-refractivity contribution < 1.29 is 18.7 Å². The Morgan fingerprint density at radius 2 is 2.04 bits per heavy atom. The third-order valence-corrected chi connectivity index (χ3v) is 4.52. The maximum atomic E-state index is 14.3. The van der Waals surface area contributed by atoms with Crippen LogP contribution in [-0.4, -0.2) is 35.8 Å². The van der Waals surface area contributed by atoms with Gasteiger partial charge in [0, 0.05) is 6.04 Å². The summed E-state index contributed by atoms with van der Waals surface area (Å²) in [5, 5.41) is 0. The highest BCUT2D eigenvalue weighted by atomic mass is 19.1. The Balaban J connectivity index is 1.89. The average Bonchev–Trinajstić information content (AvgIpc) is 2.76. The topological polar surface area (TPSA) is 38.8 Å². The van der Waals surface area contributed by atoms with Gasteiger partial charge >= 0.3 is 6.09 Å². The summed E-state index contributed by atoms with van der Waals surface area (Å²) in [6.45, 7) is 5.59. The number of nitrogens with zero attached hydrogens (tertiary/aromatic N) is 1. The summed E-state index contributed by atoms with van der Waals surface area (Å²) in [6.07, 6.45) is 4.11. The van der Waals surface area contributed by atoms with Gasteiger partial charge in [-0.25, -0.2) is 9.18 Å². The number of hydrogen-bond acceptors (Lipinski definition) is 3. The Morgan fingerprint density at radius 1 is 1.29 bits per heavy atom. The largest absolute Gasteiger partial charge is 0.496 e. The molecular weight excluding hydrogens is 309 g/mol. The molecular formula is C19H24FNO3. The first-order valence-corrected chi connectivity index (χ1v) is 8.35. The molecule has 24 heavy (non-hydrogen) atoms. The maximum absolute atomic E-state index is 14.3. The fourth-order valence-electron chi connectivity index (χ4n) is 3.60. The number of benzene rings is 1. The van der Waals surface area contributed by atoms with Gasteiger partial charge in [0.1, 0.15) is 17.2 Å². The van der Waals surface area contributed by atoms with Crippen LogP contribution in [0.1, 0.15) is 45.6 Å². The highest BCUT2D eigenvalue weighted by Crippen LogP contribution is 2.42. The Morgan fingerprint density at radius 3 is 2.67 bits per heavy atom. The van der Waals surface area contributed by atoms with Gasteiger partial charge < -0.3 is 9.47 Å². The van der Waals surface area contributed by atoms with Crippen molar-refractivity contribution >= 4 is 11.7 Å². The molecule has 2 bridgehead atoms. The summed E-state index contributed by atoms with van der Waals surface area (Å²) in [6, 6.07) is 4.86. The van der Waals surface area contributed by atoms with Crippen LogP contribution in [0.4, 0.5) is 9.18 Å². The standard InChI is InChI=1S/C19H24FNO3/c1-19(2,3)24-18(22)21-13-8-9-14(21)11-12(10-13)17-15(20)6-5-7-16(17)23-4/h5-7,10,13-14H,8-9,11H2,1-4H3. The van der Waals surface area contributed by atoms with E-state index in [0.717, 1.165) is 18.4 Å². The summed E-state index contributed by atoms with van der Waals surface area (Å²) in [7, 11) is 1.54. The van der Waals surface area contributed by atoms with Gasteiger partial charge in [0.2, 0.25) is 0 Å². The number of rotatable bonds is 2. The van der Waals surface area contributed by atoms with E-state index in [1.807, 2.05) is 31.7 Å². The minimum absolute atomic E-state index is 0.0436. The zero-order valence-corrected chi connectivity index (χ0v) is 14.6. The van der Waals surface area contributed by atoms with E-state index in [9.17, 15) is 9.18 Å². The van der Waals surface area contributed by atoms with Gasteiger partial charge in [0.05, 0.1) is 18.7 Å². The van der Waals surface area contributed by atoms with Crippen molar-refractivity contribution in [3.05, 3.63) is 35.7 Å². The molecule has 0 saturated carbocycles.